The Kier molecular flexibility index (Phi) is 44.3. The molecule has 0 aromatic carbocycles. The predicted molar refractivity (Wildman–Crippen MR) is 182 cm³/mol. The van der Waals surface area contributed by atoms with Crippen LogP contribution in [0.15, 0.2) is 0 Å². The van der Waals surface area contributed by atoms with Crippen molar-refractivity contribution in [2.75, 3.05) is 13.2 Å². The first-order chi connectivity index (χ1) is 20.1. The first-order valence-electron chi connectivity index (χ1n) is 18.6. The second-order valence-corrected chi connectivity index (χ2v) is 13.0. The Bertz CT molecular complexity index is 423. The summed E-state index contributed by atoms with van der Waals surface area (Å²) in [5, 5.41) is 0. The van der Waals surface area contributed by atoms with Crippen molar-refractivity contribution in [3.05, 3.63) is 0 Å². The standard InChI is InChI=1S/C36H74O.HO3P/c1-3-5-7-9-11-13-15-17-19-21-23-25-27-29-31-33-35-37-36-34-32-30-28-26-24-22-20-18-16-14-12-10-8-6-4-2;1-4(2)3/h3-36H2,1-2H3;(H-,1,2,3)/p+1. The Hall–Kier alpha value is -0.0200. The summed E-state index contributed by atoms with van der Waals surface area (Å²) in [5.41, 5.74) is 0. The SMILES string of the molecule is CCCCCCCCCCCCCCCCCCOCCCCCCCCCCCCCCCCCC.O=[P+](O)O. The molecule has 0 saturated carbocycles. The van der Waals surface area contributed by atoms with Crippen molar-refractivity contribution in [3.8, 4) is 0 Å². The number of ether oxygens (including phenoxy) is 1. The largest absolute Gasteiger partial charge is 0.692 e. The maximum atomic E-state index is 8.70. The molecule has 2 N–H and O–H groups in total. The summed E-state index contributed by atoms with van der Waals surface area (Å²) >= 11 is 0. The summed E-state index contributed by atoms with van der Waals surface area (Å²) in [7, 11) is -2.87. The van der Waals surface area contributed by atoms with Crippen molar-refractivity contribution < 1.29 is 19.1 Å². The molecule has 0 radical (unpaired) electrons. The highest BCUT2D eigenvalue weighted by Gasteiger charge is 1.97. The topological polar surface area (TPSA) is 66.8 Å². The highest BCUT2D eigenvalue weighted by atomic mass is 31.1. The van der Waals surface area contributed by atoms with Crippen LogP contribution in [0.2, 0.25) is 0 Å². The van der Waals surface area contributed by atoms with Crippen LogP contribution < -0.4 is 0 Å². The van der Waals surface area contributed by atoms with E-state index >= 15 is 0 Å². The van der Waals surface area contributed by atoms with Crippen molar-refractivity contribution in [2.24, 2.45) is 0 Å². The first kappa shape index (κ1) is 43.1. The number of unbranched alkanes of at least 4 members (excludes halogenated alkanes) is 30. The minimum absolute atomic E-state index is 0.997. The van der Waals surface area contributed by atoms with Crippen LogP contribution in [-0.4, -0.2) is 23.0 Å². The van der Waals surface area contributed by atoms with E-state index in [1.807, 2.05) is 0 Å². The summed E-state index contributed by atoms with van der Waals surface area (Å²) < 4.78 is 14.6. The van der Waals surface area contributed by atoms with Gasteiger partial charge in [-0.3, -0.25) is 0 Å². The summed E-state index contributed by atoms with van der Waals surface area (Å²) in [6.45, 7) is 6.60. The zero-order valence-electron chi connectivity index (χ0n) is 28.2. The Morgan fingerprint density at radius 2 is 0.488 bits per heavy atom. The number of hydrogen-bond acceptors (Lipinski definition) is 2. The molecule has 0 saturated heterocycles. The predicted octanol–water partition coefficient (Wildman–Crippen LogP) is 13.2. The van der Waals surface area contributed by atoms with Gasteiger partial charge in [0.25, 0.3) is 0 Å². The fraction of sp³-hybridized carbons (Fsp3) is 1.00. The molecule has 41 heavy (non-hydrogen) atoms. The van der Waals surface area contributed by atoms with E-state index in [1.54, 1.807) is 0 Å². The molecule has 0 aliphatic heterocycles. The van der Waals surface area contributed by atoms with Gasteiger partial charge >= 0.3 is 8.25 Å². The average molecular weight is 604 g/mol. The summed E-state index contributed by atoms with van der Waals surface area (Å²) in [6.07, 6.45) is 46.0. The Labute approximate surface area is 259 Å². The number of hydrogen-bond donors (Lipinski definition) is 2. The molecule has 248 valence electrons. The second kappa shape index (κ2) is 42.1. The van der Waals surface area contributed by atoms with Gasteiger partial charge in [0.15, 0.2) is 0 Å². The second-order valence-electron chi connectivity index (χ2n) is 12.5. The Morgan fingerprint density at radius 1 is 0.341 bits per heavy atom. The third-order valence-electron chi connectivity index (χ3n) is 8.28. The van der Waals surface area contributed by atoms with E-state index in [0.717, 1.165) is 13.2 Å². The van der Waals surface area contributed by atoms with Crippen LogP contribution in [0, 0.1) is 0 Å². The molecule has 0 atom stereocenters. The van der Waals surface area contributed by atoms with Gasteiger partial charge < -0.3 is 4.74 Å². The first-order valence-corrected chi connectivity index (χ1v) is 19.7. The van der Waals surface area contributed by atoms with Crippen LogP contribution in [0.4, 0.5) is 0 Å². The fourth-order valence-electron chi connectivity index (χ4n) is 5.61. The quantitative estimate of drug-likeness (QED) is 0.0567. The molecule has 0 aliphatic rings. The van der Waals surface area contributed by atoms with E-state index in [-0.39, 0.29) is 0 Å². The van der Waals surface area contributed by atoms with Crippen molar-refractivity contribution in [2.45, 2.75) is 219 Å². The Balaban J connectivity index is 0. The van der Waals surface area contributed by atoms with Gasteiger partial charge in [0.2, 0.25) is 0 Å². The molecule has 0 aromatic heterocycles. The molecular weight excluding hydrogens is 527 g/mol. The minimum Gasteiger partial charge on any atom is -0.381 e. The molecular formula is C36H76O4P+. The highest BCUT2D eigenvalue weighted by Crippen LogP contribution is 2.15. The molecule has 0 aliphatic carbocycles. The Morgan fingerprint density at radius 3 is 0.659 bits per heavy atom. The molecule has 0 amide bonds. The maximum Gasteiger partial charge on any atom is 0.692 e. The molecule has 0 aromatic rings. The third-order valence-corrected chi connectivity index (χ3v) is 8.28. The van der Waals surface area contributed by atoms with Crippen LogP contribution in [0.5, 0.6) is 0 Å². The lowest BCUT2D eigenvalue weighted by atomic mass is 10.0. The average Bonchev–Trinajstić information content (AvgIpc) is 2.95. The van der Waals surface area contributed by atoms with Gasteiger partial charge in [0, 0.05) is 17.8 Å². The zero-order valence-corrected chi connectivity index (χ0v) is 29.1. The summed E-state index contributed by atoms with van der Waals surface area (Å²) in [6, 6.07) is 0. The lowest BCUT2D eigenvalue weighted by Gasteiger charge is -2.06. The van der Waals surface area contributed by atoms with Gasteiger partial charge in [0.05, 0.1) is 0 Å². The van der Waals surface area contributed by atoms with Gasteiger partial charge in [0.1, 0.15) is 0 Å². The molecule has 0 bridgehead atoms. The molecule has 0 heterocycles. The van der Waals surface area contributed by atoms with E-state index in [0.29, 0.717) is 0 Å². The molecule has 0 fully saturated rings. The van der Waals surface area contributed by atoms with Crippen molar-refractivity contribution >= 4 is 8.25 Å². The summed E-state index contributed by atoms with van der Waals surface area (Å²) in [4.78, 5) is 14.2. The van der Waals surface area contributed by atoms with Crippen LogP contribution >= 0.6 is 8.25 Å². The van der Waals surface area contributed by atoms with E-state index in [4.69, 9.17) is 19.1 Å². The lowest BCUT2D eigenvalue weighted by molar-refractivity contribution is 0.125. The molecule has 0 spiro atoms. The monoisotopic (exact) mass is 604 g/mol. The van der Waals surface area contributed by atoms with Gasteiger partial charge in [-0.05, 0) is 12.8 Å². The van der Waals surface area contributed by atoms with Crippen LogP contribution in [0.3, 0.4) is 0 Å². The van der Waals surface area contributed by atoms with E-state index < -0.39 is 8.25 Å². The van der Waals surface area contributed by atoms with Crippen molar-refractivity contribution in [1.82, 2.24) is 0 Å². The van der Waals surface area contributed by atoms with E-state index in [1.165, 1.54) is 205 Å². The zero-order chi connectivity index (χ0) is 30.3. The minimum atomic E-state index is -2.87. The van der Waals surface area contributed by atoms with Crippen LogP contribution in [0.1, 0.15) is 219 Å². The third kappa shape index (κ3) is 49.9. The molecule has 0 rings (SSSR count). The van der Waals surface area contributed by atoms with Crippen molar-refractivity contribution in [3.63, 3.8) is 0 Å². The van der Waals surface area contributed by atoms with E-state index in [2.05, 4.69) is 13.8 Å². The van der Waals surface area contributed by atoms with Crippen LogP contribution in [0.25, 0.3) is 0 Å². The summed E-state index contributed by atoms with van der Waals surface area (Å²) in [5.74, 6) is 0. The van der Waals surface area contributed by atoms with Crippen molar-refractivity contribution in [1.29, 1.82) is 0 Å². The van der Waals surface area contributed by atoms with E-state index in [9.17, 15) is 0 Å². The molecule has 4 nitrogen and oxygen atoms in total. The lowest BCUT2D eigenvalue weighted by Crippen LogP contribution is -1.97. The number of rotatable bonds is 34. The molecule has 0 unspecified atom stereocenters. The smallest absolute Gasteiger partial charge is 0.381 e. The van der Waals surface area contributed by atoms with Gasteiger partial charge in [-0.15, -0.1) is 9.79 Å². The highest BCUT2D eigenvalue weighted by molar-refractivity contribution is 7.30. The molecule has 5 heteroatoms. The van der Waals surface area contributed by atoms with Crippen LogP contribution in [-0.2, 0) is 9.30 Å². The van der Waals surface area contributed by atoms with Gasteiger partial charge in [-0.1, -0.05) is 206 Å². The van der Waals surface area contributed by atoms with Gasteiger partial charge in [-0.2, -0.15) is 0 Å². The normalized spacial score (nSPS) is 11.0. The van der Waals surface area contributed by atoms with Gasteiger partial charge in [-0.25, -0.2) is 0 Å². The fourth-order valence-corrected chi connectivity index (χ4v) is 5.61. The maximum absolute atomic E-state index is 8.70.